The Balaban J connectivity index is 1.70. The molecule has 3 rings (SSSR count). The van der Waals surface area contributed by atoms with Crippen molar-refractivity contribution in [3.8, 4) is 0 Å². The number of nitrogens with two attached hydrogens (primary N) is 1. The SMILES string of the molecule is Cc1nnc(NC(=O)c2csc([C@@H]3C[C@H]3N)c2)s1. The van der Waals surface area contributed by atoms with Crippen LogP contribution in [0, 0.1) is 6.92 Å². The van der Waals surface area contributed by atoms with Gasteiger partial charge in [0.15, 0.2) is 0 Å². The number of carbonyl (C=O) groups excluding carboxylic acids is 1. The van der Waals surface area contributed by atoms with Gasteiger partial charge in [-0.1, -0.05) is 11.3 Å². The van der Waals surface area contributed by atoms with Crippen LogP contribution in [0.4, 0.5) is 5.13 Å². The average Bonchev–Trinajstić information content (AvgIpc) is 2.79. The maximum atomic E-state index is 12.0. The van der Waals surface area contributed by atoms with Crippen LogP contribution in [0.1, 0.15) is 32.6 Å². The van der Waals surface area contributed by atoms with E-state index in [1.54, 1.807) is 11.3 Å². The summed E-state index contributed by atoms with van der Waals surface area (Å²) in [6.45, 7) is 1.85. The summed E-state index contributed by atoms with van der Waals surface area (Å²) in [6, 6.07) is 2.19. The van der Waals surface area contributed by atoms with Gasteiger partial charge in [-0.05, 0) is 19.4 Å². The number of hydrogen-bond donors (Lipinski definition) is 2. The van der Waals surface area contributed by atoms with Crippen molar-refractivity contribution in [2.24, 2.45) is 5.73 Å². The van der Waals surface area contributed by atoms with Crippen LogP contribution in [0.2, 0.25) is 0 Å². The molecule has 94 valence electrons. The number of rotatable bonds is 3. The van der Waals surface area contributed by atoms with Gasteiger partial charge in [-0.3, -0.25) is 10.1 Å². The summed E-state index contributed by atoms with van der Waals surface area (Å²) in [4.78, 5) is 13.2. The van der Waals surface area contributed by atoms with Crippen LogP contribution in [0.3, 0.4) is 0 Å². The second-order valence-electron chi connectivity index (χ2n) is 4.32. The minimum atomic E-state index is -0.136. The van der Waals surface area contributed by atoms with E-state index in [4.69, 9.17) is 5.73 Å². The summed E-state index contributed by atoms with van der Waals surface area (Å²) in [5, 5.41) is 13.7. The second-order valence-corrected chi connectivity index (χ2v) is 6.45. The normalized spacial score (nSPS) is 21.9. The van der Waals surface area contributed by atoms with E-state index in [0.717, 1.165) is 11.4 Å². The predicted molar refractivity (Wildman–Crippen MR) is 72.3 cm³/mol. The molecule has 0 aliphatic heterocycles. The van der Waals surface area contributed by atoms with Crippen LogP contribution in [-0.4, -0.2) is 22.1 Å². The third kappa shape index (κ3) is 2.29. The van der Waals surface area contributed by atoms with Crippen molar-refractivity contribution in [2.75, 3.05) is 5.32 Å². The fourth-order valence-electron chi connectivity index (χ4n) is 1.72. The number of anilines is 1. The third-order valence-electron chi connectivity index (χ3n) is 2.83. The molecule has 1 saturated carbocycles. The quantitative estimate of drug-likeness (QED) is 0.900. The average molecular weight is 280 g/mol. The molecule has 5 nitrogen and oxygen atoms in total. The molecule has 0 bridgehead atoms. The summed E-state index contributed by atoms with van der Waals surface area (Å²) in [5.74, 6) is 0.309. The zero-order chi connectivity index (χ0) is 12.7. The maximum Gasteiger partial charge on any atom is 0.258 e. The molecule has 0 unspecified atom stereocenters. The summed E-state index contributed by atoms with van der Waals surface area (Å²) >= 11 is 2.96. The van der Waals surface area contributed by atoms with Gasteiger partial charge in [0.1, 0.15) is 5.01 Å². The highest BCUT2D eigenvalue weighted by atomic mass is 32.1. The number of aryl methyl sites for hydroxylation is 1. The van der Waals surface area contributed by atoms with Gasteiger partial charge in [-0.25, -0.2) is 0 Å². The summed E-state index contributed by atoms with van der Waals surface area (Å²) in [6.07, 6.45) is 1.02. The minimum Gasteiger partial charge on any atom is -0.327 e. The molecule has 0 spiro atoms. The molecule has 1 fully saturated rings. The van der Waals surface area contributed by atoms with E-state index in [-0.39, 0.29) is 11.9 Å². The van der Waals surface area contributed by atoms with Crippen molar-refractivity contribution in [3.63, 3.8) is 0 Å². The van der Waals surface area contributed by atoms with Crippen LogP contribution in [0.15, 0.2) is 11.4 Å². The number of carbonyl (C=O) groups is 1. The van der Waals surface area contributed by atoms with Gasteiger partial charge in [-0.15, -0.1) is 21.5 Å². The van der Waals surface area contributed by atoms with Crippen molar-refractivity contribution in [1.82, 2.24) is 10.2 Å². The molecule has 2 heterocycles. The second kappa shape index (κ2) is 4.42. The Morgan fingerprint density at radius 3 is 2.94 bits per heavy atom. The van der Waals surface area contributed by atoms with E-state index in [1.807, 2.05) is 18.4 Å². The van der Waals surface area contributed by atoms with Crippen molar-refractivity contribution >= 4 is 33.7 Å². The Bertz CT molecular complexity index is 591. The minimum absolute atomic E-state index is 0.136. The Hall–Kier alpha value is -1.31. The monoisotopic (exact) mass is 280 g/mol. The number of hydrogen-bond acceptors (Lipinski definition) is 6. The van der Waals surface area contributed by atoms with E-state index in [9.17, 15) is 4.79 Å². The molecule has 2 aromatic heterocycles. The summed E-state index contributed by atoms with van der Waals surface area (Å²) in [7, 11) is 0. The highest BCUT2D eigenvalue weighted by Gasteiger charge is 2.36. The molecule has 1 aliphatic carbocycles. The first kappa shape index (κ1) is 11.8. The largest absolute Gasteiger partial charge is 0.327 e. The number of amides is 1. The van der Waals surface area contributed by atoms with Crippen molar-refractivity contribution in [3.05, 3.63) is 26.9 Å². The fraction of sp³-hybridized carbons (Fsp3) is 0.364. The van der Waals surface area contributed by atoms with Crippen LogP contribution in [0.25, 0.3) is 0 Å². The Morgan fingerprint density at radius 1 is 1.56 bits per heavy atom. The molecule has 7 heteroatoms. The van der Waals surface area contributed by atoms with Gasteiger partial charge in [0.2, 0.25) is 5.13 Å². The van der Waals surface area contributed by atoms with Crippen LogP contribution in [0.5, 0.6) is 0 Å². The van der Waals surface area contributed by atoms with Crippen LogP contribution >= 0.6 is 22.7 Å². The van der Waals surface area contributed by atoms with Crippen LogP contribution in [-0.2, 0) is 0 Å². The van der Waals surface area contributed by atoms with Gasteiger partial charge < -0.3 is 5.73 Å². The molecule has 2 atom stereocenters. The van der Waals surface area contributed by atoms with E-state index >= 15 is 0 Å². The van der Waals surface area contributed by atoms with Crippen molar-refractivity contribution < 1.29 is 4.79 Å². The molecule has 0 saturated heterocycles. The lowest BCUT2D eigenvalue weighted by atomic mass is 10.2. The standard InChI is InChI=1S/C11H12N4OS2/c1-5-14-15-11(18-5)13-10(16)6-2-9(17-4-6)7-3-8(7)12/h2,4,7-8H,3,12H2,1H3,(H,13,15,16)/t7-,8-/m1/s1. The third-order valence-corrected chi connectivity index (χ3v) is 4.65. The molecule has 1 amide bonds. The lowest BCUT2D eigenvalue weighted by molar-refractivity contribution is 0.102. The topological polar surface area (TPSA) is 80.9 Å². The van der Waals surface area contributed by atoms with Gasteiger partial charge >= 0.3 is 0 Å². The summed E-state index contributed by atoms with van der Waals surface area (Å²) < 4.78 is 0. The van der Waals surface area contributed by atoms with Gasteiger partial charge in [-0.2, -0.15) is 0 Å². The highest BCUT2D eigenvalue weighted by Crippen LogP contribution is 2.42. The number of nitrogens with one attached hydrogen (secondary N) is 1. The molecule has 18 heavy (non-hydrogen) atoms. The predicted octanol–water partition coefficient (Wildman–Crippen LogP) is 1.97. The molecule has 0 aromatic carbocycles. The summed E-state index contributed by atoms with van der Waals surface area (Å²) in [5.41, 5.74) is 6.47. The Kier molecular flexibility index (Phi) is 2.89. The first-order valence-electron chi connectivity index (χ1n) is 5.59. The van der Waals surface area contributed by atoms with Gasteiger partial charge in [0.05, 0.1) is 5.56 Å². The van der Waals surface area contributed by atoms with E-state index in [1.165, 1.54) is 16.2 Å². The smallest absolute Gasteiger partial charge is 0.258 e. The lowest BCUT2D eigenvalue weighted by Crippen LogP contribution is -2.10. The Morgan fingerprint density at radius 2 is 2.33 bits per heavy atom. The molecular formula is C11H12N4OS2. The number of thiophene rings is 1. The van der Waals surface area contributed by atoms with Gasteiger partial charge in [0, 0.05) is 22.2 Å². The number of aromatic nitrogens is 2. The molecule has 0 radical (unpaired) electrons. The number of nitrogens with zero attached hydrogens (tertiary/aromatic N) is 2. The zero-order valence-corrected chi connectivity index (χ0v) is 11.3. The Labute approximate surface area is 112 Å². The first-order valence-corrected chi connectivity index (χ1v) is 7.28. The lowest BCUT2D eigenvalue weighted by Gasteiger charge is -1.96. The van der Waals surface area contributed by atoms with Gasteiger partial charge in [0.25, 0.3) is 5.91 Å². The van der Waals surface area contributed by atoms with E-state index < -0.39 is 0 Å². The van der Waals surface area contributed by atoms with E-state index in [0.29, 0.717) is 16.6 Å². The van der Waals surface area contributed by atoms with Crippen molar-refractivity contribution in [1.29, 1.82) is 0 Å². The molecule has 1 aliphatic rings. The fourth-order valence-corrected chi connectivity index (χ4v) is 3.39. The highest BCUT2D eigenvalue weighted by molar-refractivity contribution is 7.15. The first-order chi connectivity index (χ1) is 8.63. The van der Waals surface area contributed by atoms with E-state index in [2.05, 4.69) is 15.5 Å². The molecule has 3 N–H and O–H groups in total. The molecule has 2 aromatic rings. The molecular weight excluding hydrogens is 268 g/mol. The maximum absolute atomic E-state index is 12.0. The van der Waals surface area contributed by atoms with Crippen molar-refractivity contribution in [2.45, 2.75) is 25.3 Å². The zero-order valence-electron chi connectivity index (χ0n) is 9.71. The van der Waals surface area contributed by atoms with Crippen LogP contribution < -0.4 is 11.1 Å².